The van der Waals surface area contributed by atoms with Crippen LogP contribution in [0.5, 0.6) is 0 Å². The number of carbonyl (C=O) groups is 3. The molecule has 0 spiro atoms. The second kappa shape index (κ2) is 9.47. The summed E-state index contributed by atoms with van der Waals surface area (Å²) < 4.78 is 10.1. The third-order valence-corrected chi connectivity index (χ3v) is 5.65. The first-order valence-electron chi connectivity index (χ1n) is 9.00. The lowest BCUT2D eigenvalue weighted by Crippen LogP contribution is -2.44. The summed E-state index contributed by atoms with van der Waals surface area (Å²) in [6, 6.07) is 15.0. The number of nitrogens with one attached hydrogen (secondary N) is 1. The summed E-state index contributed by atoms with van der Waals surface area (Å²) in [5.74, 6) is -1.86. The van der Waals surface area contributed by atoms with Crippen molar-refractivity contribution in [3.05, 3.63) is 59.7 Å². The van der Waals surface area contributed by atoms with Gasteiger partial charge in [-0.3, -0.25) is 4.79 Å². The monoisotopic (exact) mass is 415 g/mol. The van der Waals surface area contributed by atoms with Crippen molar-refractivity contribution in [2.75, 3.05) is 25.2 Å². The third-order valence-electron chi connectivity index (χ3n) is 4.63. The molecule has 1 unspecified atom stereocenters. The van der Waals surface area contributed by atoms with Gasteiger partial charge in [0.2, 0.25) is 0 Å². The number of amides is 1. The number of fused-ring (bicyclic) bond motifs is 3. The second-order valence-electron chi connectivity index (χ2n) is 6.45. The van der Waals surface area contributed by atoms with E-state index >= 15 is 0 Å². The molecule has 0 fully saturated rings. The van der Waals surface area contributed by atoms with Crippen LogP contribution in [0.1, 0.15) is 17.0 Å². The van der Waals surface area contributed by atoms with Crippen LogP contribution in [0.2, 0.25) is 0 Å². The van der Waals surface area contributed by atoms with Gasteiger partial charge < -0.3 is 19.9 Å². The highest BCUT2D eigenvalue weighted by Crippen LogP contribution is 2.44. The van der Waals surface area contributed by atoms with Gasteiger partial charge in [0.1, 0.15) is 12.6 Å². The number of carbonyl (C=O) groups excluding carboxylic acids is 2. The predicted molar refractivity (Wildman–Crippen MR) is 109 cm³/mol. The molecule has 29 heavy (non-hydrogen) atoms. The topological polar surface area (TPSA) is 102 Å². The van der Waals surface area contributed by atoms with Gasteiger partial charge in [0.15, 0.2) is 0 Å². The van der Waals surface area contributed by atoms with Crippen LogP contribution in [0.4, 0.5) is 4.79 Å². The molecule has 8 heteroatoms. The van der Waals surface area contributed by atoms with Gasteiger partial charge in [-0.15, -0.1) is 11.8 Å². The summed E-state index contributed by atoms with van der Waals surface area (Å²) in [4.78, 5) is 34.8. The molecule has 1 aliphatic rings. The molecule has 0 saturated heterocycles. The number of esters is 1. The lowest BCUT2D eigenvalue weighted by molar-refractivity contribution is -0.142. The van der Waals surface area contributed by atoms with Gasteiger partial charge in [0.05, 0.1) is 12.9 Å². The van der Waals surface area contributed by atoms with Gasteiger partial charge in [-0.25, -0.2) is 9.59 Å². The molecule has 1 amide bonds. The van der Waals surface area contributed by atoms with Gasteiger partial charge >= 0.3 is 18.0 Å². The summed E-state index contributed by atoms with van der Waals surface area (Å²) >= 11 is 1.01. The number of thioether (sulfide) groups is 1. The van der Waals surface area contributed by atoms with E-state index in [1.807, 2.05) is 48.5 Å². The molecule has 1 aliphatic carbocycles. The van der Waals surface area contributed by atoms with Crippen molar-refractivity contribution in [1.29, 1.82) is 0 Å². The third kappa shape index (κ3) is 4.89. The fourth-order valence-electron chi connectivity index (χ4n) is 3.36. The van der Waals surface area contributed by atoms with E-state index in [4.69, 9.17) is 9.84 Å². The second-order valence-corrected chi connectivity index (χ2v) is 7.48. The zero-order valence-corrected chi connectivity index (χ0v) is 16.6. The first-order valence-corrected chi connectivity index (χ1v) is 10.2. The van der Waals surface area contributed by atoms with Crippen LogP contribution < -0.4 is 5.32 Å². The number of ether oxygens (including phenoxy) is 2. The minimum atomic E-state index is -1.00. The van der Waals surface area contributed by atoms with Gasteiger partial charge in [-0.05, 0) is 22.3 Å². The van der Waals surface area contributed by atoms with E-state index in [2.05, 4.69) is 10.1 Å². The van der Waals surface area contributed by atoms with Gasteiger partial charge in [-0.1, -0.05) is 48.5 Å². The maximum absolute atomic E-state index is 12.3. The minimum absolute atomic E-state index is 0.0726. The highest BCUT2D eigenvalue weighted by atomic mass is 32.2. The summed E-state index contributed by atoms with van der Waals surface area (Å²) in [6.45, 7) is 0.121. The van der Waals surface area contributed by atoms with Crippen LogP contribution in [0, 0.1) is 0 Å². The standard InChI is InChI=1S/C21H21NO6S/c1-27-20(25)18(11-29-12-19(23)24)22-21(26)28-10-17-15-8-4-2-6-13(15)14-7-3-5-9-16(14)17/h2-9,17-18H,10-12H2,1H3,(H,22,26)(H,23,24). The lowest BCUT2D eigenvalue weighted by Gasteiger charge is -2.18. The first kappa shape index (κ1) is 20.7. The highest BCUT2D eigenvalue weighted by molar-refractivity contribution is 8.00. The fourth-order valence-corrected chi connectivity index (χ4v) is 4.10. The van der Waals surface area contributed by atoms with Crippen molar-refractivity contribution in [2.24, 2.45) is 0 Å². The van der Waals surface area contributed by atoms with Crippen LogP contribution in [0.25, 0.3) is 11.1 Å². The van der Waals surface area contributed by atoms with Crippen molar-refractivity contribution >= 4 is 29.8 Å². The Kier molecular flexibility index (Phi) is 6.77. The maximum atomic E-state index is 12.3. The average Bonchev–Trinajstić information content (AvgIpc) is 3.04. The summed E-state index contributed by atoms with van der Waals surface area (Å²) in [5, 5.41) is 11.2. The number of carboxylic acid groups (broad SMARTS) is 1. The molecule has 0 heterocycles. The van der Waals surface area contributed by atoms with Gasteiger partial charge in [0, 0.05) is 11.7 Å². The first-order chi connectivity index (χ1) is 14.0. The highest BCUT2D eigenvalue weighted by Gasteiger charge is 2.30. The summed E-state index contributed by atoms with van der Waals surface area (Å²) in [6.07, 6.45) is -0.752. The molecule has 152 valence electrons. The van der Waals surface area contributed by atoms with Crippen molar-refractivity contribution < 1.29 is 29.0 Å². The number of hydrogen-bond acceptors (Lipinski definition) is 6. The van der Waals surface area contributed by atoms with Crippen molar-refractivity contribution in [2.45, 2.75) is 12.0 Å². The maximum Gasteiger partial charge on any atom is 0.407 e. The zero-order valence-electron chi connectivity index (χ0n) is 15.8. The lowest BCUT2D eigenvalue weighted by atomic mass is 9.98. The van der Waals surface area contributed by atoms with Gasteiger partial charge in [-0.2, -0.15) is 0 Å². The summed E-state index contributed by atoms with van der Waals surface area (Å²) in [7, 11) is 1.20. The normalized spacial score (nSPS) is 13.1. The number of benzene rings is 2. The molecule has 0 aliphatic heterocycles. The molecule has 0 radical (unpaired) electrons. The number of rotatable bonds is 8. The Bertz CT molecular complexity index is 870. The molecule has 2 aromatic carbocycles. The van der Waals surface area contributed by atoms with E-state index in [1.54, 1.807) is 0 Å². The van der Waals surface area contributed by atoms with Crippen molar-refractivity contribution in [3.63, 3.8) is 0 Å². The van der Waals surface area contributed by atoms with E-state index < -0.39 is 24.1 Å². The Morgan fingerprint density at radius 2 is 1.66 bits per heavy atom. The smallest absolute Gasteiger partial charge is 0.407 e. The summed E-state index contributed by atoms with van der Waals surface area (Å²) in [5.41, 5.74) is 4.41. The quantitative estimate of drug-likeness (QED) is 0.639. The molecular weight excluding hydrogens is 394 g/mol. The Morgan fingerprint density at radius 1 is 1.07 bits per heavy atom. The number of aliphatic carboxylic acids is 1. The molecule has 0 aromatic heterocycles. The molecule has 2 aromatic rings. The number of hydrogen-bond donors (Lipinski definition) is 2. The Balaban J connectivity index is 1.64. The van der Waals surface area contributed by atoms with Crippen LogP contribution in [0.3, 0.4) is 0 Å². The number of alkyl carbamates (subject to hydrolysis) is 1. The van der Waals surface area contributed by atoms with E-state index in [1.165, 1.54) is 7.11 Å². The zero-order chi connectivity index (χ0) is 20.8. The molecule has 1 atom stereocenters. The van der Waals surface area contributed by atoms with Crippen LogP contribution in [0.15, 0.2) is 48.5 Å². The van der Waals surface area contributed by atoms with E-state index in [-0.39, 0.29) is 24.0 Å². The fraction of sp³-hybridized carbons (Fsp3) is 0.286. The van der Waals surface area contributed by atoms with Gasteiger partial charge in [0.25, 0.3) is 0 Å². The van der Waals surface area contributed by atoms with Crippen molar-refractivity contribution in [1.82, 2.24) is 5.32 Å². The Hall–Kier alpha value is -3.00. The molecule has 0 bridgehead atoms. The number of carboxylic acids is 1. The molecule has 2 N–H and O–H groups in total. The van der Waals surface area contributed by atoms with E-state index in [0.29, 0.717) is 0 Å². The van der Waals surface area contributed by atoms with Crippen LogP contribution >= 0.6 is 11.8 Å². The van der Waals surface area contributed by atoms with E-state index in [0.717, 1.165) is 34.0 Å². The molecular formula is C21H21NO6S. The molecule has 0 saturated carbocycles. The largest absolute Gasteiger partial charge is 0.481 e. The molecule has 3 rings (SSSR count). The van der Waals surface area contributed by atoms with E-state index in [9.17, 15) is 14.4 Å². The molecule has 7 nitrogen and oxygen atoms in total. The average molecular weight is 415 g/mol. The van der Waals surface area contributed by atoms with Crippen LogP contribution in [-0.4, -0.2) is 54.4 Å². The Morgan fingerprint density at radius 3 is 2.21 bits per heavy atom. The Labute approximate surface area is 172 Å². The van der Waals surface area contributed by atoms with Crippen LogP contribution in [-0.2, 0) is 19.1 Å². The minimum Gasteiger partial charge on any atom is -0.481 e. The predicted octanol–water partition coefficient (Wildman–Crippen LogP) is 2.88. The SMILES string of the molecule is COC(=O)C(CSCC(=O)O)NC(=O)OCC1c2ccccc2-c2ccccc21. The number of methoxy groups -OCH3 is 1. The van der Waals surface area contributed by atoms with Crippen molar-refractivity contribution in [3.8, 4) is 11.1 Å².